The van der Waals surface area contributed by atoms with Crippen molar-refractivity contribution in [3.05, 3.63) is 60.0 Å². The third-order valence-electron chi connectivity index (χ3n) is 5.07. The first kappa shape index (κ1) is 18.2. The summed E-state index contributed by atoms with van der Waals surface area (Å²) in [6.45, 7) is 3.44. The number of hydrogen-bond donors (Lipinski definition) is 1. The fraction of sp³-hybridized carbons (Fsp3) is 0.333. The van der Waals surface area contributed by atoms with E-state index in [1.165, 1.54) is 12.5 Å². The number of pyridine rings is 1. The van der Waals surface area contributed by atoms with Crippen LogP contribution in [-0.4, -0.2) is 50.4 Å². The first-order valence-electron chi connectivity index (χ1n) is 9.51. The molecule has 1 aromatic carbocycles. The molecule has 7 nitrogen and oxygen atoms in total. The zero-order chi connectivity index (χ0) is 19.5. The Morgan fingerprint density at radius 3 is 2.82 bits per heavy atom. The molecule has 1 unspecified atom stereocenters. The van der Waals surface area contributed by atoms with Gasteiger partial charge in [0.25, 0.3) is 5.91 Å². The summed E-state index contributed by atoms with van der Waals surface area (Å²) in [4.78, 5) is 34.7. The Kier molecular flexibility index (Phi) is 5.06. The highest BCUT2D eigenvalue weighted by Gasteiger charge is 2.27. The molecule has 4 rings (SSSR count). The number of nitrogens with zero attached hydrogens (tertiary/aromatic N) is 4. The zero-order valence-corrected chi connectivity index (χ0v) is 15.8. The summed E-state index contributed by atoms with van der Waals surface area (Å²) in [5.41, 5.74) is 3.30. The van der Waals surface area contributed by atoms with Gasteiger partial charge in [0.1, 0.15) is 5.52 Å². The molecule has 7 heteroatoms. The third-order valence-corrected chi connectivity index (χ3v) is 5.07. The predicted octanol–water partition coefficient (Wildman–Crippen LogP) is 2.02. The van der Waals surface area contributed by atoms with Crippen LogP contribution in [0, 0.1) is 0 Å². The Bertz CT molecular complexity index is 998. The molecule has 28 heavy (non-hydrogen) atoms. The SMILES string of the molecule is CC(=O)NC1CCN(C(=O)c2cnc3c(c2)ncn3CCc2ccccc2)C1. The lowest BCUT2D eigenvalue weighted by Gasteiger charge is -2.16. The van der Waals surface area contributed by atoms with Crippen LogP contribution in [0.1, 0.15) is 29.3 Å². The number of aryl methyl sites for hydroxylation is 2. The zero-order valence-electron chi connectivity index (χ0n) is 15.8. The number of carbonyl (C=O) groups is 2. The van der Waals surface area contributed by atoms with Gasteiger partial charge in [-0.05, 0) is 24.5 Å². The molecule has 0 aliphatic carbocycles. The van der Waals surface area contributed by atoms with E-state index in [1.807, 2.05) is 22.8 Å². The summed E-state index contributed by atoms with van der Waals surface area (Å²) in [7, 11) is 0. The lowest BCUT2D eigenvalue weighted by molar-refractivity contribution is -0.119. The molecule has 1 N–H and O–H groups in total. The van der Waals surface area contributed by atoms with E-state index in [2.05, 4.69) is 27.4 Å². The second-order valence-electron chi connectivity index (χ2n) is 7.18. The van der Waals surface area contributed by atoms with Crippen molar-refractivity contribution in [2.75, 3.05) is 13.1 Å². The topological polar surface area (TPSA) is 80.1 Å². The molecule has 1 fully saturated rings. The molecule has 144 valence electrons. The number of aromatic nitrogens is 3. The third kappa shape index (κ3) is 3.88. The predicted molar refractivity (Wildman–Crippen MR) is 106 cm³/mol. The monoisotopic (exact) mass is 377 g/mol. The highest BCUT2D eigenvalue weighted by atomic mass is 16.2. The molecule has 3 aromatic rings. The van der Waals surface area contributed by atoms with Gasteiger partial charge < -0.3 is 14.8 Å². The summed E-state index contributed by atoms with van der Waals surface area (Å²) < 4.78 is 2.01. The summed E-state index contributed by atoms with van der Waals surface area (Å²) in [5.74, 6) is -0.135. The average Bonchev–Trinajstić information content (AvgIpc) is 3.32. The Morgan fingerprint density at radius 2 is 2.04 bits per heavy atom. The number of benzene rings is 1. The smallest absolute Gasteiger partial charge is 0.255 e. The first-order valence-corrected chi connectivity index (χ1v) is 9.51. The van der Waals surface area contributed by atoms with Gasteiger partial charge in [0, 0.05) is 38.8 Å². The minimum atomic E-state index is -0.0684. The first-order chi connectivity index (χ1) is 13.6. The van der Waals surface area contributed by atoms with E-state index in [1.54, 1.807) is 23.5 Å². The van der Waals surface area contributed by atoms with Gasteiger partial charge in [0.05, 0.1) is 11.9 Å². The van der Waals surface area contributed by atoms with Gasteiger partial charge in [0.2, 0.25) is 5.91 Å². The van der Waals surface area contributed by atoms with Gasteiger partial charge in [-0.2, -0.15) is 0 Å². The van der Waals surface area contributed by atoms with Crippen LogP contribution in [0.5, 0.6) is 0 Å². The molecule has 0 spiro atoms. The maximum atomic E-state index is 12.8. The summed E-state index contributed by atoms with van der Waals surface area (Å²) in [6, 6.07) is 12.1. The minimum absolute atomic E-state index is 0.0235. The lowest BCUT2D eigenvalue weighted by atomic mass is 10.1. The lowest BCUT2D eigenvalue weighted by Crippen LogP contribution is -2.37. The van der Waals surface area contributed by atoms with E-state index in [-0.39, 0.29) is 17.9 Å². The van der Waals surface area contributed by atoms with Gasteiger partial charge in [0.15, 0.2) is 5.65 Å². The van der Waals surface area contributed by atoms with Crippen LogP contribution in [-0.2, 0) is 17.8 Å². The Hall–Kier alpha value is -3.22. The van der Waals surface area contributed by atoms with Crippen molar-refractivity contribution < 1.29 is 9.59 Å². The second kappa shape index (κ2) is 7.80. The van der Waals surface area contributed by atoms with E-state index < -0.39 is 0 Å². The van der Waals surface area contributed by atoms with Gasteiger partial charge in [-0.1, -0.05) is 30.3 Å². The number of fused-ring (bicyclic) bond motifs is 1. The summed E-state index contributed by atoms with van der Waals surface area (Å²) in [6.07, 6.45) is 5.07. The number of carbonyl (C=O) groups excluding carboxylic acids is 2. The fourth-order valence-corrected chi connectivity index (χ4v) is 3.66. The fourth-order valence-electron chi connectivity index (χ4n) is 3.66. The van der Waals surface area contributed by atoms with Gasteiger partial charge in [-0.15, -0.1) is 0 Å². The quantitative estimate of drug-likeness (QED) is 0.738. The number of amides is 2. The highest BCUT2D eigenvalue weighted by molar-refractivity contribution is 5.96. The molecule has 1 aliphatic heterocycles. The standard InChI is InChI=1S/C21H23N5O2/c1-15(27)24-18-8-10-25(13-18)21(28)17-11-19-20(22-12-17)26(14-23-19)9-7-16-5-3-2-4-6-16/h2-6,11-12,14,18H,7-10,13H2,1H3,(H,24,27). The molecule has 2 aromatic heterocycles. The Balaban J connectivity index is 1.45. The van der Waals surface area contributed by atoms with E-state index in [0.29, 0.717) is 18.7 Å². The van der Waals surface area contributed by atoms with Gasteiger partial charge in [-0.25, -0.2) is 9.97 Å². The molecule has 1 aliphatic rings. The normalized spacial score (nSPS) is 16.5. The molecule has 0 saturated carbocycles. The molecule has 1 atom stereocenters. The largest absolute Gasteiger partial charge is 0.352 e. The Labute approximate surface area is 163 Å². The van der Waals surface area contributed by atoms with Gasteiger partial charge >= 0.3 is 0 Å². The molecule has 1 saturated heterocycles. The number of hydrogen-bond acceptors (Lipinski definition) is 4. The van der Waals surface area contributed by atoms with Crippen molar-refractivity contribution in [3.63, 3.8) is 0 Å². The van der Waals surface area contributed by atoms with Crippen molar-refractivity contribution in [1.82, 2.24) is 24.8 Å². The van der Waals surface area contributed by atoms with Crippen LogP contribution in [0.2, 0.25) is 0 Å². The van der Waals surface area contributed by atoms with E-state index in [0.717, 1.165) is 30.6 Å². The number of imidazole rings is 1. The van der Waals surface area contributed by atoms with Crippen molar-refractivity contribution >= 4 is 23.0 Å². The highest BCUT2D eigenvalue weighted by Crippen LogP contribution is 2.17. The molecule has 3 heterocycles. The van der Waals surface area contributed by atoms with Crippen molar-refractivity contribution in [3.8, 4) is 0 Å². The maximum Gasteiger partial charge on any atom is 0.255 e. The van der Waals surface area contributed by atoms with Crippen molar-refractivity contribution in [1.29, 1.82) is 0 Å². The van der Waals surface area contributed by atoms with E-state index in [9.17, 15) is 9.59 Å². The number of likely N-dealkylation sites (tertiary alicyclic amines) is 1. The minimum Gasteiger partial charge on any atom is -0.352 e. The van der Waals surface area contributed by atoms with Crippen LogP contribution in [0.3, 0.4) is 0 Å². The van der Waals surface area contributed by atoms with E-state index in [4.69, 9.17) is 0 Å². The summed E-state index contributed by atoms with van der Waals surface area (Å²) in [5, 5.41) is 2.87. The van der Waals surface area contributed by atoms with Crippen LogP contribution in [0.15, 0.2) is 48.9 Å². The van der Waals surface area contributed by atoms with Crippen molar-refractivity contribution in [2.45, 2.75) is 32.4 Å². The maximum absolute atomic E-state index is 12.8. The molecular formula is C21H23N5O2. The van der Waals surface area contributed by atoms with Crippen LogP contribution in [0.4, 0.5) is 0 Å². The molecular weight excluding hydrogens is 354 g/mol. The second-order valence-corrected chi connectivity index (χ2v) is 7.18. The van der Waals surface area contributed by atoms with Crippen LogP contribution < -0.4 is 5.32 Å². The molecule has 0 radical (unpaired) electrons. The summed E-state index contributed by atoms with van der Waals surface area (Å²) >= 11 is 0. The molecule has 0 bridgehead atoms. The van der Waals surface area contributed by atoms with E-state index >= 15 is 0 Å². The number of rotatable bonds is 5. The van der Waals surface area contributed by atoms with Crippen molar-refractivity contribution in [2.24, 2.45) is 0 Å². The number of nitrogens with one attached hydrogen (secondary N) is 1. The Morgan fingerprint density at radius 1 is 1.21 bits per heavy atom. The van der Waals surface area contributed by atoms with Crippen LogP contribution >= 0.6 is 0 Å². The molecule has 2 amide bonds. The average molecular weight is 377 g/mol. The van der Waals surface area contributed by atoms with Crippen LogP contribution in [0.25, 0.3) is 11.2 Å². The van der Waals surface area contributed by atoms with Gasteiger partial charge in [-0.3, -0.25) is 9.59 Å².